The summed E-state index contributed by atoms with van der Waals surface area (Å²) < 4.78 is 32.9. The maximum Gasteiger partial charge on any atom is 0.204 e. The van der Waals surface area contributed by atoms with Crippen LogP contribution in [0.1, 0.15) is 34.6 Å². The van der Waals surface area contributed by atoms with Crippen molar-refractivity contribution in [2.45, 2.75) is 25.2 Å². The van der Waals surface area contributed by atoms with Gasteiger partial charge in [0.05, 0.1) is 7.11 Å². The van der Waals surface area contributed by atoms with Gasteiger partial charge in [0.2, 0.25) is 11.6 Å². The second kappa shape index (κ2) is 5.23. The molecule has 0 aromatic heterocycles. The maximum absolute atomic E-state index is 13.9. The Morgan fingerprint density at radius 1 is 1.12 bits per heavy atom. The first-order valence-corrected chi connectivity index (χ1v) is 7.82. The molecule has 2 aromatic carbocycles. The van der Waals surface area contributed by atoms with Gasteiger partial charge in [-0.2, -0.15) is 8.78 Å². The number of phenols is 2. The highest BCUT2D eigenvalue weighted by Gasteiger charge is 2.35. The fourth-order valence-corrected chi connectivity index (χ4v) is 3.90. The van der Waals surface area contributed by atoms with Crippen LogP contribution in [0.25, 0.3) is 5.57 Å². The average molecular weight is 330 g/mol. The number of phenolic OH excluding ortho intramolecular Hbond substituents is 2. The Labute approximate surface area is 137 Å². The Kier molecular flexibility index (Phi) is 3.27. The Bertz CT molecular complexity index is 887. The van der Waals surface area contributed by atoms with E-state index in [0.29, 0.717) is 12.0 Å². The monoisotopic (exact) mass is 330 g/mol. The third-order valence-corrected chi connectivity index (χ3v) is 5.05. The molecule has 2 aliphatic rings. The van der Waals surface area contributed by atoms with Crippen molar-refractivity contribution in [1.29, 1.82) is 0 Å². The summed E-state index contributed by atoms with van der Waals surface area (Å²) in [6.45, 7) is 0. The standard InChI is InChI=1S/C19H16F2O3/c1-24-10-3-5-11-9(8-10)2-4-13-12(11)6-7-14-15(13)19(23)17(21)16(20)18(14)22/h3,5-6,8,13,22-23H,2,4,7H2,1H3. The van der Waals surface area contributed by atoms with Crippen LogP contribution in [-0.4, -0.2) is 17.3 Å². The van der Waals surface area contributed by atoms with E-state index in [1.807, 2.05) is 24.3 Å². The van der Waals surface area contributed by atoms with Crippen LogP contribution in [0.4, 0.5) is 8.78 Å². The van der Waals surface area contributed by atoms with E-state index in [9.17, 15) is 19.0 Å². The second-order valence-corrected chi connectivity index (χ2v) is 6.20. The summed E-state index contributed by atoms with van der Waals surface area (Å²) in [5, 5.41) is 20.1. The summed E-state index contributed by atoms with van der Waals surface area (Å²) >= 11 is 0. The summed E-state index contributed by atoms with van der Waals surface area (Å²) in [5.74, 6) is -3.63. The van der Waals surface area contributed by atoms with Crippen molar-refractivity contribution in [3.05, 3.63) is 58.2 Å². The zero-order chi connectivity index (χ0) is 17.0. The van der Waals surface area contributed by atoms with Crippen LogP contribution in [0.3, 0.4) is 0 Å². The summed E-state index contributed by atoms with van der Waals surface area (Å²) in [4.78, 5) is 0. The number of hydrogen-bond donors (Lipinski definition) is 2. The van der Waals surface area contributed by atoms with Gasteiger partial charge in [-0.3, -0.25) is 0 Å². The maximum atomic E-state index is 13.9. The van der Waals surface area contributed by atoms with Crippen LogP contribution < -0.4 is 4.74 Å². The number of methoxy groups -OCH3 is 1. The average Bonchev–Trinajstić information content (AvgIpc) is 2.62. The smallest absolute Gasteiger partial charge is 0.204 e. The molecule has 2 aliphatic carbocycles. The molecule has 0 aliphatic heterocycles. The minimum atomic E-state index is -1.39. The number of hydrogen-bond acceptors (Lipinski definition) is 3. The van der Waals surface area contributed by atoms with Gasteiger partial charge < -0.3 is 14.9 Å². The van der Waals surface area contributed by atoms with Gasteiger partial charge in [-0.15, -0.1) is 0 Å². The third kappa shape index (κ3) is 1.94. The fraction of sp³-hybridized carbons (Fsp3) is 0.263. The van der Waals surface area contributed by atoms with E-state index >= 15 is 0 Å². The highest BCUT2D eigenvalue weighted by atomic mass is 19.2. The van der Waals surface area contributed by atoms with Gasteiger partial charge in [-0.25, -0.2) is 0 Å². The van der Waals surface area contributed by atoms with Crippen molar-refractivity contribution in [3.8, 4) is 17.2 Å². The Morgan fingerprint density at radius 3 is 2.62 bits per heavy atom. The molecule has 0 fully saturated rings. The summed E-state index contributed by atoms with van der Waals surface area (Å²) in [6, 6.07) is 5.79. The van der Waals surface area contributed by atoms with E-state index in [-0.39, 0.29) is 17.9 Å². The minimum absolute atomic E-state index is 0.253. The largest absolute Gasteiger partial charge is 0.505 e. The third-order valence-electron chi connectivity index (χ3n) is 5.05. The molecule has 24 heavy (non-hydrogen) atoms. The predicted octanol–water partition coefficient (Wildman–Crippen LogP) is 4.05. The molecule has 0 saturated carbocycles. The SMILES string of the molecule is COc1ccc2c(c1)CCC1C2=CCc2c(O)c(F)c(F)c(O)c21. The Balaban J connectivity index is 1.88. The van der Waals surface area contributed by atoms with Crippen molar-refractivity contribution in [1.82, 2.24) is 0 Å². The number of aromatic hydroxyl groups is 2. The van der Waals surface area contributed by atoms with Gasteiger partial charge in [-0.1, -0.05) is 12.1 Å². The molecule has 0 amide bonds. The number of rotatable bonds is 1. The lowest BCUT2D eigenvalue weighted by Crippen LogP contribution is -2.18. The first kappa shape index (κ1) is 15.0. The molecule has 0 bridgehead atoms. The summed E-state index contributed by atoms with van der Waals surface area (Å²) in [7, 11) is 1.61. The van der Waals surface area contributed by atoms with Gasteiger partial charge >= 0.3 is 0 Å². The van der Waals surface area contributed by atoms with Crippen LogP contribution >= 0.6 is 0 Å². The normalized spacial score (nSPS) is 18.3. The van der Waals surface area contributed by atoms with Crippen LogP contribution in [0.2, 0.25) is 0 Å². The second-order valence-electron chi connectivity index (χ2n) is 6.20. The lowest BCUT2D eigenvalue weighted by Gasteiger charge is -2.33. The highest BCUT2D eigenvalue weighted by Crippen LogP contribution is 2.51. The van der Waals surface area contributed by atoms with E-state index in [0.717, 1.165) is 28.9 Å². The van der Waals surface area contributed by atoms with Crippen LogP contribution in [0.15, 0.2) is 24.3 Å². The minimum Gasteiger partial charge on any atom is -0.505 e. The summed E-state index contributed by atoms with van der Waals surface area (Å²) in [5.41, 5.74) is 3.72. The lowest BCUT2D eigenvalue weighted by molar-refractivity contribution is 0.363. The molecule has 1 unspecified atom stereocenters. The highest BCUT2D eigenvalue weighted by molar-refractivity contribution is 5.80. The molecular weight excluding hydrogens is 314 g/mol. The van der Waals surface area contributed by atoms with E-state index in [4.69, 9.17) is 4.74 Å². The zero-order valence-electron chi connectivity index (χ0n) is 13.1. The molecule has 3 nitrogen and oxygen atoms in total. The van der Waals surface area contributed by atoms with E-state index in [1.54, 1.807) is 7.11 Å². The van der Waals surface area contributed by atoms with E-state index in [2.05, 4.69) is 0 Å². The first-order valence-electron chi connectivity index (χ1n) is 7.82. The Morgan fingerprint density at radius 2 is 1.88 bits per heavy atom. The van der Waals surface area contributed by atoms with E-state index in [1.165, 1.54) is 0 Å². The van der Waals surface area contributed by atoms with Gasteiger partial charge in [0.1, 0.15) is 5.75 Å². The zero-order valence-corrected chi connectivity index (χ0v) is 13.1. The quantitative estimate of drug-likeness (QED) is 0.776. The van der Waals surface area contributed by atoms with Crippen LogP contribution in [-0.2, 0) is 12.8 Å². The number of halogens is 2. The number of allylic oxidation sites excluding steroid dienone is 2. The molecule has 2 N–H and O–H groups in total. The molecule has 1 atom stereocenters. The lowest BCUT2D eigenvalue weighted by atomic mass is 9.71. The number of fused-ring (bicyclic) bond motifs is 5. The van der Waals surface area contributed by atoms with Crippen molar-refractivity contribution in [2.75, 3.05) is 7.11 Å². The van der Waals surface area contributed by atoms with Crippen molar-refractivity contribution in [3.63, 3.8) is 0 Å². The Hall–Kier alpha value is -2.56. The molecule has 124 valence electrons. The van der Waals surface area contributed by atoms with Crippen LogP contribution in [0, 0.1) is 11.6 Å². The van der Waals surface area contributed by atoms with Gasteiger partial charge in [0.15, 0.2) is 11.5 Å². The van der Waals surface area contributed by atoms with Gasteiger partial charge in [0, 0.05) is 17.0 Å². The molecule has 5 heteroatoms. The number of benzene rings is 2. The first-order chi connectivity index (χ1) is 11.5. The molecule has 0 saturated heterocycles. The van der Waals surface area contributed by atoms with Crippen LogP contribution in [0.5, 0.6) is 17.2 Å². The number of ether oxygens (including phenoxy) is 1. The molecule has 0 radical (unpaired) electrons. The van der Waals surface area contributed by atoms with Crippen molar-refractivity contribution in [2.24, 2.45) is 0 Å². The van der Waals surface area contributed by atoms with Crippen molar-refractivity contribution < 1.29 is 23.7 Å². The van der Waals surface area contributed by atoms with Crippen molar-refractivity contribution >= 4 is 5.57 Å². The topological polar surface area (TPSA) is 49.7 Å². The molecule has 0 heterocycles. The molecule has 2 aromatic rings. The number of aryl methyl sites for hydroxylation is 1. The molecular formula is C19H16F2O3. The van der Waals surface area contributed by atoms with Gasteiger partial charge in [0.25, 0.3) is 0 Å². The fourth-order valence-electron chi connectivity index (χ4n) is 3.90. The molecule has 0 spiro atoms. The van der Waals surface area contributed by atoms with Gasteiger partial charge in [-0.05, 0) is 48.1 Å². The van der Waals surface area contributed by atoms with E-state index < -0.39 is 23.1 Å². The molecule has 4 rings (SSSR count). The summed E-state index contributed by atoms with van der Waals surface area (Å²) in [6.07, 6.45) is 3.56. The predicted molar refractivity (Wildman–Crippen MR) is 85.4 cm³/mol.